The molecule has 0 aliphatic carbocycles. The van der Waals surface area contributed by atoms with E-state index in [2.05, 4.69) is 5.32 Å². The van der Waals surface area contributed by atoms with Crippen molar-refractivity contribution in [1.29, 1.82) is 0 Å². The van der Waals surface area contributed by atoms with Crippen molar-refractivity contribution >= 4 is 23.4 Å². The molecule has 0 saturated carbocycles. The lowest BCUT2D eigenvalue weighted by atomic mass is 10.0. The summed E-state index contributed by atoms with van der Waals surface area (Å²) in [6.07, 6.45) is -0.139. The van der Waals surface area contributed by atoms with Crippen LogP contribution in [0, 0.1) is 0 Å². The summed E-state index contributed by atoms with van der Waals surface area (Å²) < 4.78 is 4.89. The second-order valence-electron chi connectivity index (χ2n) is 5.53. The van der Waals surface area contributed by atoms with E-state index in [0.717, 1.165) is 0 Å². The predicted molar refractivity (Wildman–Crippen MR) is 76.6 cm³/mol. The number of benzene rings is 1. The molecule has 6 nitrogen and oxygen atoms in total. The SMILES string of the molecule is CC(C)(N)CC(=O)Nc1cccc(N2CCOC2=O)c1. The number of carbonyl (C=O) groups excluding carboxylic acids is 2. The minimum atomic E-state index is -0.555. The molecule has 1 aromatic carbocycles. The van der Waals surface area contributed by atoms with Crippen molar-refractivity contribution in [3.63, 3.8) is 0 Å². The second kappa shape index (κ2) is 5.50. The Morgan fingerprint density at radius 1 is 1.50 bits per heavy atom. The summed E-state index contributed by atoms with van der Waals surface area (Å²) in [6, 6.07) is 7.10. The van der Waals surface area contributed by atoms with Gasteiger partial charge in [0, 0.05) is 23.3 Å². The van der Waals surface area contributed by atoms with Gasteiger partial charge in [-0.3, -0.25) is 9.69 Å². The first kappa shape index (κ1) is 14.3. The average molecular weight is 277 g/mol. The van der Waals surface area contributed by atoms with Crippen LogP contribution in [0.15, 0.2) is 24.3 Å². The number of nitrogens with zero attached hydrogens (tertiary/aromatic N) is 1. The van der Waals surface area contributed by atoms with E-state index in [0.29, 0.717) is 24.5 Å². The van der Waals surface area contributed by atoms with E-state index in [-0.39, 0.29) is 18.4 Å². The summed E-state index contributed by atoms with van der Waals surface area (Å²) in [6.45, 7) is 4.50. The number of cyclic esters (lactones) is 1. The highest BCUT2D eigenvalue weighted by Crippen LogP contribution is 2.22. The van der Waals surface area contributed by atoms with Gasteiger partial charge in [-0.15, -0.1) is 0 Å². The number of nitrogens with one attached hydrogen (secondary N) is 1. The van der Waals surface area contributed by atoms with E-state index in [1.54, 1.807) is 38.1 Å². The second-order valence-corrected chi connectivity index (χ2v) is 5.53. The summed E-state index contributed by atoms with van der Waals surface area (Å²) in [4.78, 5) is 24.9. The quantitative estimate of drug-likeness (QED) is 0.877. The zero-order valence-electron chi connectivity index (χ0n) is 11.7. The Morgan fingerprint density at radius 3 is 2.85 bits per heavy atom. The molecule has 6 heteroatoms. The molecule has 0 spiro atoms. The van der Waals surface area contributed by atoms with Gasteiger partial charge < -0.3 is 15.8 Å². The first-order valence-electron chi connectivity index (χ1n) is 6.48. The Balaban J connectivity index is 2.06. The summed E-state index contributed by atoms with van der Waals surface area (Å²) in [5.74, 6) is -0.154. The Labute approximate surface area is 117 Å². The predicted octanol–water partition coefficient (Wildman–Crippen LogP) is 1.71. The number of hydrogen-bond donors (Lipinski definition) is 2. The fourth-order valence-electron chi connectivity index (χ4n) is 2.00. The molecule has 0 aromatic heterocycles. The van der Waals surface area contributed by atoms with Crippen LogP contribution in [0.25, 0.3) is 0 Å². The first-order valence-corrected chi connectivity index (χ1v) is 6.48. The standard InChI is InChI=1S/C14H19N3O3/c1-14(2,15)9-12(18)16-10-4-3-5-11(8-10)17-6-7-20-13(17)19/h3-5,8H,6-7,9,15H2,1-2H3,(H,16,18). The van der Waals surface area contributed by atoms with Crippen LogP contribution in [0.5, 0.6) is 0 Å². The van der Waals surface area contributed by atoms with Gasteiger partial charge >= 0.3 is 6.09 Å². The number of amides is 2. The van der Waals surface area contributed by atoms with Gasteiger partial charge in [-0.1, -0.05) is 6.07 Å². The summed E-state index contributed by atoms with van der Waals surface area (Å²) >= 11 is 0. The van der Waals surface area contributed by atoms with Gasteiger partial charge in [-0.2, -0.15) is 0 Å². The molecule has 2 rings (SSSR count). The molecule has 3 N–H and O–H groups in total. The first-order chi connectivity index (χ1) is 9.35. The molecular weight excluding hydrogens is 258 g/mol. The van der Waals surface area contributed by atoms with Gasteiger partial charge in [-0.25, -0.2) is 4.79 Å². The summed E-state index contributed by atoms with van der Waals surface area (Å²) in [7, 11) is 0. The zero-order valence-corrected chi connectivity index (χ0v) is 11.7. The molecule has 1 saturated heterocycles. The van der Waals surface area contributed by atoms with E-state index in [1.807, 2.05) is 0 Å². The largest absolute Gasteiger partial charge is 0.447 e. The maximum absolute atomic E-state index is 11.8. The highest BCUT2D eigenvalue weighted by atomic mass is 16.6. The van der Waals surface area contributed by atoms with E-state index < -0.39 is 5.54 Å². The lowest BCUT2D eigenvalue weighted by molar-refractivity contribution is -0.117. The smallest absolute Gasteiger partial charge is 0.414 e. The maximum Gasteiger partial charge on any atom is 0.414 e. The Kier molecular flexibility index (Phi) is 3.94. The Bertz CT molecular complexity index is 523. The van der Waals surface area contributed by atoms with Crippen LogP contribution in [-0.4, -0.2) is 30.7 Å². The Morgan fingerprint density at radius 2 is 2.25 bits per heavy atom. The molecule has 0 atom stereocenters. The van der Waals surface area contributed by atoms with E-state index in [4.69, 9.17) is 10.5 Å². The fourth-order valence-corrected chi connectivity index (χ4v) is 2.00. The minimum Gasteiger partial charge on any atom is -0.447 e. The number of carbonyl (C=O) groups is 2. The van der Waals surface area contributed by atoms with Gasteiger partial charge in [0.25, 0.3) is 0 Å². The van der Waals surface area contributed by atoms with Gasteiger partial charge in [0.05, 0.1) is 6.54 Å². The summed E-state index contributed by atoms with van der Waals surface area (Å²) in [5, 5.41) is 2.78. The van der Waals surface area contributed by atoms with E-state index in [1.165, 1.54) is 4.90 Å². The zero-order chi connectivity index (χ0) is 14.8. The number of rotatable bonds is 4. The molecule has 0 unspecified atom stereocenters. The van der Waals surface area contributed by atoms with Crippen LogP contribution >= 0.6 is 0 Å². The maximum atomic E-state index is 11.8. The molecule has 0 bridgehead atoms. The number of nitrogens with two attached hydrogens (primary N) is 1. The normalized spacial score (nSPS) is 15.2. The van der Waals surface area contributed by atoms with Crippen molar-refractivity contribution in [3.8, 4) is 0 Å². The van der Waals surface area contributed by atoms with Crippen LogP contribution in [0.1, 0.15) is 20.3 Å². The number of hydrogen-bond acceptors (Lipinski definition) is 4. The van der Waals surface area contributed by atoms with Crippen LogP contribution in [0.3, 0.4) is 0 Å². The third-order valence-electron chi connectivity index (χ3n) is 2.82. The monoisotopic (exact) mass is 277 g/mol. The van der Waals surface area contributed by atoms with Gasteiger partial charge in [0.1, 0.15) is 6.61 Å². The molecule has 1 aromatic rings. The number of ether oxygens (including phenoxy) is 1. The van der Waals surface area contributed by atoms with Gasteiger partial charge in [0.15, 0.2) is 0 Å². The Hall–Kier alpha value is -2.08. The molecule has 0 radical (unpaired) electrons. The topological polar surface area (TPSA) is 84.7 Å². The van der Waals surface area contributed by atoms with Gasteiger partial charge in [0.2, 0.25) is 5.91 Å². The lowest BCUT2D eigenvalue weighted by Gasteiger charge is -2.18. The van der Waals surface area contributed by atoms with Crippen molar-refractivity contribution in [2.24, 2.45) is 5.73 Å². The highest BCUT2D eigenvalue weighted by Gasteiger charge is 2.23. The van der Waals surface area contributed by atoms with Crippen LogP contribution < -0.4 is 16.0 Å². The third kappa shape index (κ3) is 3.71. The molecule has 108 valence electrons. The fraction of sp³-hybridized carbons (Fsp3) is 0.429. The summed E-state index contributed by atoms with van der Waals surface area (Å²) in [5.41, 5.74) is 6.59. The van der Waals surface area contributed by atoms with Gasteiger partial charge in [-0.05, 0) is 32.0 Å². The van der Waals surface area contributed by atoms with Crippen molar-refractivity contribution < 1.29 is 14.3 Å². The molecule has 1 fully saturated rings. The number of anilines is 2. The molecule has 1 heterocycles. The average Bonchev–Trinajstić information content (AvgIpc) is 2.73. The van der Waals surface area contributed by atoms with Crippen molar-refractivity contribution in [1.82, 2.24) is 0 Å². The third-order valence-corrected chi connectivity index (χ3v) is 2.82. The van der Waals surface area contributed by atoms with Crippen molar-refractivity contribution in [3.05, 3.63) is 24.3 Å². The molecule has 2 amide bonds. The molecule has 1 aliphatic heterocycles. The molecule has 1 aliphatic rings. The lowest BCUT2D eigenvalue weighted by Crippen LogP contribution is -2.36. The van der Waals surface area contributed by atoms with Crippen LogP contribution in [0.4, 0.5) is 16.2 Å². The van der Waals surface area contributed by atoms with Crippen molar-refractivity contribution in [2.75, 3.05) is 23.4 Å². The minimum absolute atomic E-state index is 0.154. The highest BCUT2D eigenvalue weighted by molar-refractivity contribution is 5.94. The molecule has 20 heavy (non-hydrogen) atoms. The van der Waals surface area contributed by atoms with E-state index in [9.17, 15) is 9.59 Å². The molecular formula is C14H19N3O3. The van der Waals surface area contributed by atoms with E-state index >= 15 is 0 Å². The van der Waals surface area contributed by atoms with Crippen LogP contribution in [-0.2, 0) is 9.53 Å². The van der Waals surface area contributed by atoms with Crippen molar-refractivity contribution in [2.45, 2.75) is 25.8 Å². The van der Waals surface area contributed by atoms with Crippen LogP contribution in [0.2, 0.25) is 0 Å².